The Kier molecular flexibility index (Phi) is 4.96. The molecular weight excluding hydrogens is 224 g/mol. The van der Waals surface area contributed by atoms with Crippen LogP contribution in [0.3, 0.4) is 0 Å². The Morgan fingerprint density at radius 2 is 1.81 bits per heavy atom. The molecule has 0 unspecified atom stereocenters. The number of hydrogen-bond acceptors (Lipinski definition) is 3. The van der Waals surface area contributed by atoms with E-state index < -0.39 is 9.84 Å². The van der Waals surface area contributed by atoms with Crippen LogP contribution in [-0.2, 0) is 14.6 Å². The van der Waals surface area contributed by atoms with Gasteiger partial charge in [0.15, 0.2) is 9.84 Å². The molecule has 0 saturated carbocycles. The highest BCUT2D eigenvalue weighted by atomic mass is 32.2. The van der Waals surface area contributed by atoms with E-state index in [4.69, 9.17) is 4.74 Å². The van der Waals surface area contributed by atoms with Crippen molar-refractivity contribution < 1.29 is 13.2 Å². The fraction of sp³-hybridized carbons (Fsp3) is 0.500. The van der Waals surface area contributed by atoms with E-state index in [9.17, 15) is 8.42 Å². The van der Waals surface area contributed by atoms with Crippen LogP contribution in [0.15, 0.2) is 35.2 Å². The number of ether oxygens (including phenoxy) is 1. The lowest BCUT2D eigenvalue weighted by Gasteiger charge is -2.07. The SMILES string of the molecule is CC(C)OCCCS(=O)(=O)c1ccccc1. The molecule has 1 aromatic rings. The van der Waals surface area contributed by atoms with Gasteiger partial charge in [0, 0.05) is 6.61 Å². The van der Waals surface area contributed by atoms with E-state index in [1.807, 2.05) is 13.8 Å². The second kappa shape index (κ2) is 6.01. The van der Waals surface area contributed by atoms with Gasteiger partial charge in [-0.05, 0) is 32.4 Å². The van der Waals surface area contributed by atoms with E-state index in [1.165, 1.54) is 0 Å². The van der Waals surface area contributed by atoms with E-state index in [2.05, 4.69) is 0 Å². The second-order valence-corrected chi connectivity index (χ2v) is 6.01. The molecule has 0 heterocycles. The smallest absolute Gasteiger partial charge is 0.178 e. The highest BCUT2D eigenvalue weighted by Gasteiger charge is 2.12. The Hall–Kier alpha value is -0.870. The van der Waals surface area contributed by atoms with E-state index in [0.717, 1.165) is 0 Å². The van der Waals surface area contributed by atoms with E-state index >= 15 is 0 Å². The summed E-state index contributed by atoms with van der Waals surface area (Å²) in [6.45, 7) is 4.36. The fourth-order valence-corrected chi connectivity index (χ4v) is 2.62. The van der Waals surface area contributed by atoms with Gasteiger partial charge in [-0.3, -0.25) is 0 Å². The summed E-state index contributed by atoms with van der Waals surface area (Å²) in [6.07, 6.45) is 0.689. The van der Waals surface area contributed by atoms with Crippen LogP contribution in [0.2, 0.25) is 0 Å². The van der Waals surface area contributed by atoms with Crippen molar-refractivity contribution in [3.63, 3.8) is 0 Å². The minimum Gasteiger partial charge on any atom is -0.379 e. The molecule has 0 aromatic heterocycles. The highest BCUT2D eigenvalue weighted by Crippen LogP contribution is 2.11. The van der Waals surface area contributed by atoms with Gasteiger partial charge in [-0.25, -0.2) is 8.42 Å². The summed E-state index contributed by atoms with van der Waals surface area (Å²) in [6, 6.07) is 8.52. The quantitative estimate of drug-likeness (QED) is 0.719. The van der Waals surface area contributed by atoms with E-state index in [-0.39, 0.29) is 11.9 Å². The van der Waals surface area contributed by atoms with E-state index in [1.54, 1.807) is 30.3 Å². The van der Waals surface area contributed by atoms with Gasteiger partial charge in [0.05, 0.1) is 16.8 Å². The topological polar surface area (TPSA) is 43.4 Å². The van der Waals surface area contributed by atoms with Crippen LogP contribution in [0.4, 0.5) is 0 Å². The minimum absolute atomic E-state index is 0.143. The maximum atomic E-state index is 11.8. The van der Waals surface area contributed by atoms with Crippen molar-refractivity contribution in [3.05, 3.63) is 30.3 Å². The van der Waals surface area contributed by atoms with Crippen LogP contribution in [-0.4, -0.2) is 26.9 Å². The van der Waals surface area contributed by atoms with Gasteiger partial charge in [0.2, 0.25) is 0 Å². The van der Waals surface area contributed by atoms with Crippen LogP contribution < -0.4 is 0 Å². The summed E-state index contributed by atoms with van der Waals surface area (Å²) in [5, 5.41) is 0. The Balaban J connectivity index is 2.48. The van der Waals surface area contributed by atoms with Gasteiger partial charge in [-0.1, -0.05) is 18.2 Å². The third kappa shape index (κ3) is 4.33. The van der Waals surface area contributed by atoms with Crippen LogP contribution in [0, 0.1) is 0 Å². The molecule has 0 fully saturated rings. The first-order chi connectivity index (χ1) is 7.52. The van der Waals surface area contributed by atoms with Crippen LogP contribution in [0.1, 0.15) is 20.3 Å². The summed E-state index contributed by atoms with van der Waals surface area (Å²) in [5.74, 6) is 0.143. The van der Waals surface area contributed by atoms with Gasteiger partial charge >= 0.3 is 0 Å². The lowest BCUT2D eigenvalue weighted by molar-refractivity contribution is 0.0797. The third-order valence-corrected chi connectivity index (χ3v) is 3.93. The van der Waals surface area contributed by atoms with E-state index in [0.29, 0.717) is 17.9 Å². The maximum absolute atomic E-state index is 11.8. The lowest BCUT2D eigenvalue weighted by atomic mass is 10.4. The molecule has 3 nitrogen and oxygen atoms in total. The zero-order chi connectivity index (χ0) is 12.0. The first kappa shape index (κ1) is 13.2. The number of sulfone groups is 1. The molecular formula is C12H18O3S. The molecule has 0 bridgehead atoms. The molecule has 1 aromatic carbocycles. The van der Waals surface area contributed by atoms with Crippen LogP contribution >= 0.6 is 0 Å². The molecule has 0 N–H and O–H groups in total. The number of rotatable bonds is 6. The van der Waals surface area contributed by atoms with Gasteiger partial charge in [-0.15, -0.1) is 0 Å². The van der Waals surface area contributed by atoms with Crippen molar-refractivity contribution in [2.75, 3.05) is 12.4 Å². The monoisotopic (exact) mass is 242 g/mol. The molecule has 0 aliphatic heterocycles. The van der Waals surface area contributed by atoms with Crippen molar-refractivity contribution in [1.29, 1.82) is 0 Å². The highest BCUT2D eigenvalue weighted by molar-refractivity contribution is 7.91. The summed E-state index contributed by atoms with van der Waals surface area (Å²) < 4.78 is 29.0. The van der Waals surface area contributed by atoms with Crippen LogP contribution in [0.5, 0.6) is 0 Å². The van der Waals surface area contributed by atoms with Gasteiger partial charge in [-0.2, -0.15) is 0 Å². The molecule has 0 radical (unpaired) electrons. The van der Waals surface area contributed by atoms with Crippen molar-refractivity contribution >= 4 is 9.84 Å². The summed E-state index contributed by atoms with van der Waals surface area (Å²) in [5.41, 5.74) is 0. The molecule has 0 aliphatic rings. The van der Waals surface area contributed by atoms with Crippen molar-refractivity contribution in [1.82, 2.24) is 0 Å². The largest absolute Gasteiger partial charge is 0.379 e. The van der Waals surface area contributed by atoms with Crippen LogP contribution in [0.25, 0.3) is 0 Å². The molecule has 0 saturated heterocycles. The first-order valence-electron chi connectivity index (χ1n) is 5.42. The zero-order valence-electron chi connectivity index (χ0n) is 9.72. The third-order valence-electron chi connectivity index (χ3n) is 2.11. The predicted molar refractivity (Wildman–Crippen MR) is 64.2 cm³/mol. The van der Waals surface area contributed by atoms with Crippen molar-refractivity contribution in [2.24, 2.45) is 0 Å². The summed E-state index contributed by atoms with van der Waals surface area (Å²) >= 11 is 0. The van der Waals surface area contributed by atoms with Crippen molar-refractivity contribution in [3.8, 4) is 0 Å². The molecule has 1 rings (SSSR count). The van der Waals surface area contributed by atoms with Crippen molar-refractivity contribution in [2.45, 2.75) is 31.3 Å². The number of hydrogen-bond donors (Lipinski definition) is 0. The Bertz CT molecular complexity index is 396. The molecule has 16 heavy (non-hydrogen) atoms. The number of benzene rings is 1. The second-order valence-electron chi connectivity index (χ2n) is 3.91. The van der Waals surface area contributed by atoms with Gasteiger partial charge in [0.1, 0.15) is 0 Å². The molecule has 0 atom stereocenters. The Morgan fingerprint density at radius 3 is 2.38 bits per heavy atom. The molecule has 4 heteroatoms. The molecule has 0 spiro atoms. The predicted octanol–water partition coefficient (Wildman–Crippen LogP) is 2.28. The summed E-state index contributed by atoms with van der Waals surface area (Å²) in [4.78, 5) is 0.388. The standard InChI is InChI=1S/C12H18O3S/c1-11(2)15-9-6-10-16(13,14)12-7-4-3-5-8-12/h3-5,7-8,11H,6,9-10H2,1-2H3. The average Bonchev–Trinajstić information content (AvgIpc) is 2.26. The average molecular weight is 242 g/mol. The normalized spacial score (nSPS) is 11.9. The van der Waals surface area contributed by atoms with Gasteiger partial charge in [0.25, 0.3) is 0 Å². The summed E-state index contributed by atoms with van der Waals surface area (Å²) in [7, 11) is -3.14. The lowest BCUT2D eigenvalue weighted by Crippen LogP contribution is -2.11. The molecule has 0 aliphatic carbocycles. The minimum atomic E-state index is -3.14. The Morgan fingerprint density at radius 1 is 1.19 bits per heavy atom. The zero-order valence-corrected chi connectivity index (χ0v) is 10.5. The fourth-order valence-electron chi connectivity index (χ4n) is 1.31. The van der Waals surface area contributed by atoms with Gasteiger partial charge < -0.3 is 4.74 Å². The molecule has 0 amide bonds. The molecule has 90 valence electrons. The maximum Gasteiger partial charge on any atom is 0.178 e. The first-order valence-corrected chi connectivity index (χ1v) is 7.07. The Labute approximate surface area is 97.4 Å².